The van der Waals surface area contributed by atoms with Gasteiger partial charge < -0.3 is 14.7 Å². The van der Waals surface area contributed by atoms with Gasteiger partial charge in [-0.3, -0.25) is 9.59 Å². The predicted molar refractivity (Wildman–Crippen MR) is 60.4 cm³/mol. The van der Waals surface area contributed by atoms with Gasteiger partial charge in [0.2, 0.25) is 5.91 Å². The molecule has 0 aromatic carbocycles. The third-order valence-corrected chi connectivity index (χ3v) is 3.67. The van der Waals surface area contributed by atoms with Crippen LogP contribution in [0.4, 0.5) is 0 Å². The summed E-state index contributed by atoms with van der Waals surface area (Å²) >= 11 is 0. The molecule has 0 aromatic rings. The number of nitrogens with zero attached hydrogens (tertiary/aromatic N) is 2. The summed E-state index contributed by atoms with van der Waals surface area (Å²) in [5, 5.41) is 17.9. The highest BCUT2D eigenvalue weighted by molar-refractivity contribution is 5.85. The standard InChI is InChI=1S/C12H16N2O4/c13-6-8-7-14(4-5-18-8)11(15)9-2-1-3-10(9)12(16)17/h8-10H,1-5,7H2,(H,16,17)/t8?,9-,10+/m1/s1. The first-order chi connectivity index (χ1) is 8.63. The van der Waals surface area contributed by atoms with Crippen molar-refractivity contribution >= 4 is 11.9 Å². The lowest BCUT2D eigenvalue weighted by Gasteiger charge is -2.32. The predicted octanol–water partition coefficient (Wildman–Crippen LogP) is 0.238. The second-order valence-corrected chi connectivity index (χ2v) is 4.75. The fourth-order valence-corrected chi connectivity index (χ4v) is 2.71. The first-order valence-corrected chi connectivity index (χ1v) is 6.16. The van der Waals surface area contributed by atoms with E-state index in [1.807, 2.05) is 6.07 Å². The number of hydrogen-bond acceptors (Lipinski definition) is 4. The number of nitriles is 1. The van der Waals surface area contributed by atoms with Gasteiger partial charge in [-0.25, -0.2) is 0 Å². The number of ether oxygens (including phenoxy) is 1. The molecule has 1 heterocycles. The van der Waals surface area contributed by atoms with Crippen LogP contribution in [0.25, 0.3) is 0 Å². The number of rotatable bonds is 2. The van der Waals surface area contributed by atoms with Crippen molar-refractivity contribution in [2.75, 3.05) is 19.7 Å². The highest BCUT2D eigenvalue weighted by Crippen LogP contribution is 2.33. The van der Waals surface area contributed by atoms with E-state index in [1.165, 1.54) is 0 Å². The van der Waals surface area contributed by atoms with Crippen LogP contribution in [-0.2, 0) is 14.3 Å². The maximum atomic E-state index is 12.3. The summed E-state index contributed by atoms with van der Waals surface area (Å²) in [5.74, 6) is -2.03. The highest BCUT2D eigenvalue weighted by Gasteiger charge is 2.40. The van der Waals surface area contributed by atoms with E-state index >= 15 is 0 Å². The molecule has 98 valence electrons. The maximum Gasteiger partial charge on any atom is 0.307 e. The Labute approximate surface area is 105 Å². The van der Waals surface area contributed by atoms with E-state index in [2.05, 4.69) is 0 Å². The molecule has 1 amide bonds. The molecule has 1 aliphatic heterocycles. The van der Waals surface area contributed by atoms with Crippen molar-refractivity contribution in [2.24, 2.45) is 11.8 Å². The van der Waals surface area contributed by atoms with Gasteiger partial charge in [-0.05, 0) is 12.8 Å². The van der Waals surface area contributed by atoms with Gasteiger partial charge in [0.15, 0.2) is 6.10 Å². The van der Waals surface area contributed by atoms with Gasteiger partial charge in [0.1, 0.15) is 0 Å². The van der Waals surface area contributed by atoms with E-state index in [9.17, 15) is 9.59 Å². The van der Waals surface area contributed by atoms with E-state index in [1.54, 1.807) is 4.90 Å². The largest absolute Gasteiger partial charge is 0.481 e. The van der Waals surface area contributed by atoms with Crippen molar-refractivity contribution in [3.8, 4) is 6.07 Å². The Hall–Kier alpha value is -1.61. The fourth-order valence-electron chi connectivity index (χ4n) is 2.71. The normalized spacial score (nSPS) is 31.9. The topological polar surface area (TPSA) is 90.6 Å². The van der Waals surface area contributed by atoms with Crippen LogP contribution in [-0.4, -0.2) is 47.7 Å². The molecule has 0 bridgehead atoms. The number of morpholine rings is 1. The monoisotopic (exact) mass is 252 g/mol. The van der Waals surface area contributed by atoms with Crippen molar-refractivity contribution in [2.45, 2.75) is 25.4 Å². The smallest absolute Gasteiger partial charge is 0.307 e. The van der Waals surface area contributed by atoms with E-state index in [-0.39, 0.29) is 12.5 Å². The molecule has 0 aromatic heterocycles. The second kappa shape index (κ2) is 5.36. The molecule has 1 N–H and O–H groups in total. The maximum absolute atomic E-state index is 12.3. The molecule has 2 aliphatic rings. The summed E-state index contributed by atoms with van der Waals surface area (Å²) in [6.45, 7) is 1.03. The number of amides is 1. The number of hydrogen-bond donors (Lipinski definition) is 1. The molecular formula is C12H16N2O4. The van der Waals surface area contributed by atoms with Crippen LogP contribution in [0.3, 0.4) is 0 Å². The molecule has 1 aliphatic carbocycles. The average Bonchev–Trinajstić information content (AvgIpc) is 2.87. The second-order valence-electron chi connectivity index (χ2n) is 4.75. The van der Waals surface area contributed by atoms with Crippen molar-refractivity contribution in [1.82, 2.24) is 4.90 Å². The zero-order valence-electron chi connectivity index (χ0n) is 10.0. The number of carbonyl (C=O) groups excluding carboxylic acids is 1. The minimum Gasteiger partial charge on any atom is -0.481 e. The van der Waals surface area contributed by atoms with Crippen LogP contribution < -0.4 is 0 Å². The number of carboxylic acids is 1. The average molecular weight is 252 g/mol. The van der Waals surface area contributed by atoms with Crippen LogP contribution >= 0.6 is 0 Å². The van der Waals surface area contributed by atoms with Gasteiger partial charge in [-0.15, -0.1) is 0 Å². The van der Waals surface area contributed by atoms with Gasteiger partial charge in [0.05, 0.1) is 31.1 Å². The summed E-state index contributed by atoms with van der Waals surface area (Å²) in [6.07, 6.45) is 1.38. The van der Waals surface area contributed by atoms with Crippen LogP contribution in [0.2, 0.25) is 0 Å². The number of carbonyl (C=O) groups is 2. The van der Waals surface area contributed by atoms with Crippen molar-refractivity contribution in [3.63, 3.8) is 0 Å². The molecule has 3 atom stereocenters. The third-order valence-electron chi connectivity index (χ3n) is 3.67. The molecule has 1 saturated heterocycles. The molecule has 0 spiro atoms. The summed E-state index contributed by atoms with van der Waals surface area (Å²) in [5.41, 5.74) is 0. The summed E-state index contributed by atoms with van der Waals surface area (Å²) in [7, 11) is 0. The fraction of sp³-hybridized carbons (Fsp3) is 0.750. The molecule has 1 saturated carbocycles. The highest BCUT2D eigenvalue weighted by atomic mass is 16.5. The first kappa shape index (κ1) is 12.8. The van der Waals surface area contributed by atoms with Gasteiger partial charge in [0.25, 0.3) is 0 Å². The Morgan fingerprint density at radius 3 is 2.72 bits per heavy atom. The van der Waals surface area contributed by atoms with Crippen molar-refractivity contribution < 1.29 is 19.4 Å². The number of carboxylic acid groups (broad SMARTS) is 1. The Bertz CT molecular complexity index is 390. The molecule has 18 heavy (non-hydrogen) atoms. The summed E-state index contributed by atoms with van der Waals surface area (Å²) in [6, 6.07) is 1.98. The third kappa shape index (κ3) is 2.46. The zero-order chi connectivity index (χ0) is 13.1. The summed E-state index contributed by atoms with van der Waals surface area (Å²) < 4.78 is 5.17. The van der Waals surface area contributed by atoms with E-state index in [0.717, 1.165) is 6.42 Å². The van der Waals surface area contributed by atoms with E-state index in [0.29, 0.717) is 26.0 Å². The Balaban J connectivity index is 2.02. The van der Waals surface area contributed by atoms with Gasteiger partial charge in [0, 0.05) is 6.54 Å². The van der Waals surface area contributed by atoms with E-state index < -0.39 is 23.9 Å². The van der Waals surface area contributed by atoms with E-state index in [4.69, 9.17) is 15.1 Å². The van der Waals surface area contributed by atoms with Crippen LogP contribution in [0.15, 0.2) is 0 Å². The van der Waals surface area contributed by atoms with Crippen molar-refractivity contribution in [1.29, 1.82) is 5.26 Å². The SMILES string of the molecule is N#CC1CN(C(=O)[C@@H]2CCC[C@@H]2C(=O)O)CCO1. The summed E-state index contributed by atoms with van der Waals surface area (Å²) in [4.78, 5) is 24.9. The van der Waals surface area contributed by atoms with Crippen LogP contribution in [0.1, 0.15) is 19.3 Å². The van der Waals surface area contributed by atoms with Gasteiger partial charge in [-0.2, -0.15) is 5.26 Å². The molecule has 2 fully saturated rings. The molecule has 6 heteroatoms. The van der Waals surface area contributed by atoms with Gasteiger partial charge >= 0.3 is 5.97 Å². The van der Waals surface area contributed by atoms with Crippen LogP contribution in [0.5, 0.6) is 0 Å². The Morgan fingerprint density at radius 1 is 1.33 bits per heavy atom. The Kier molecular flexibility index (Phi) is 3.82. The number of aliphatic carboxylic acids is 1. The lowest BCUT2D eigenvalue weighted by atomic mass is 9.94. The molecule has 0 radical (unpaired) electrons. The molecule has 6 nitrogen and oxygen atoms in total. The molecule has 2 rings (SSSR count). The molecule has 1 unspecified atom stereocenters. The minimum absolute atomic E-state index is 0.136. The first-order valence-electron chi connectivity index (χ1n) is 6.16. The lowest BCUT2D eigenvalue weighted by Crippen LogP contribution is -2.48. The van der Waals surface area contributed by atoms with Crippen LogP contribution in [0, 0.1) is 23.2 Å². The quantitative estimate of drug-likeness (QED) is 0.760. The lowest BCUT2D eigenvalue weighted by molar-refractivity contribution is -0.151. The van der Waals surface area contributed by atoms with Crippen molar-refractivity contribution in [3.05, 3.63) is 0 Å². The Morgan fingerprint density at radius 2 is 2.06 bits per heavy atom. The molecular weight excluding hydrogens is 236 g/mol. The van der Waals surface area contributed by atoms with Gasteiger partial charge in [-0.1, -0.05) is 6.42 Å². The minimum atomic E-state index is -0.893. The zero-order valence-corrected chi connectivity index (χ0v) is 10.0.